The SMILES string of the molecule is CC(C)Oc1ccc(C(CC2CCC(CCO)CC2)c2ccccc2)cc1. The second-order valence-corrected chi connectivity index (χ2v) is 8.33. The molecule has 0 radical (unpaired) electrons. The summed E-state index contributed by atoms with van der Waals surface area (Å²) in [5.74, 6) is 2.90. The Labute approximate surface area is 164 Å². The smallest absolute Gasteiger partial charge is 0.119 e. The van der Waals surface area contributed by atoms with Crippen molar-refractivity contribution in [1.82, 2.24) is 0 Å². The van der Waals surface area contributed by atoms with Gasteiger partial charge in [0.2, 0.25) is 0 Å². The largest absolute Gasteiger partial charge is 0.491 e. The Morgan fingerprint density at radius 3 is 2.04 bits per heavy atom. The van der Waals surface area contributed by atoms with E-state index in [0.29, 0.717) is 12.5 Å². The van der Waals surface area contributed by atoms with Crippen molar-refractivity contribution in [2.45, 2.75) is 64.4 Å². The first-order chi connectivity index (χ1) is 13.2. The molecule has 0 aromatic heterocycles. The van der Waals surface area contributed by atoms with Gasteiger partial charge in [-0.25, -0.2) is 0 Å². The van der Waals surface area contributed by atoms with Crippen molar-refractivity contribution in [2.75, 3.05) is 6.61 Å². The molecule has 0 bridgehead atoms. The van der Waals surface area contributed by atoms with Gasteiger partial charge in [0.1, 0.15) is 5.75 Å². The Morgan fingerprint density at radius 2 is 1.44 bits per heavy atom. The number of benzene rings is 2. The third-order valence-corrected chi connectivity index (χ3v) is 5.93. The van der Waals surface area contributed by atoms with Gasteiger partial charge >= 0.3 is 0 Å². The highest BCUT2D eigenvalue weighted by molar-refractivity contribution is 5.36. The van der Waals surface area contributed by atoms with Gasteiger partial charge in [0, 0.05) is 12.5 Å². The monoisotopic (exact) mass is 366 g/mol. The Bertz CT molecular complexity index is 654. The zero-order valence-corrected chi connectivity index (χ0v) is 16.8. The van der Waals surface area contributed by atoms with Gasteiger partial charge in [-0.05, 0) is 61.8 Å². The van der Waals surface area contributed by atoms with E-state index >= 15 is 0 Å². The van der Waals surface area contributed by atoms with Gasteiger partial charge < -0.3 is 9.84 Å². The molecular weight excluding hydrogens is 332 g/mol. The molecule has 1 unspecified atom stereocenters. The first-order valence-corrected chi connectivity index (χ1v) is 10.6. The Balaban J connectivity index is 1.72. The molecule has 1 atom stereocenters. The normalized spacial score (nSPS) is 21.2. The molecule has 0 spiro atoms. The quantitative estimate of drug-likeness (QED) is 0.604. The number of ether oxygens (including phenoxy) is 1. The fourth-order valence-electron chi connectivity index (χ4n) is 4.47. The van der Waals surface area contributed by atoms with Crippen LogP contribution in [0.5, 0.6) is 5.75 Å². The molecule has 27 heavy (non-hydrogen) atoms. The molecule has 0 heterocycles. The van der Waals surface area contributed by atoms with Crippen LogP contribution in [0.1, 0.15) is 69.4 Å². The third kappa shape index (κ3) is 5.84. The lowest BCUT2D eigenvalue weighted by atomic mass is 9.74. The van der Waals surface area contributed by atoms with Crippen LogP contribution < -0.4 is 4.74 Å². The van der Waals surface area contributed by atoms with Crippen LogP contribution in [-0.2, 0) is 0 Å². The van der Waals surface area contributed by atoms with Gasteiger partial charge in [-0.1, -0.05) is 68.1 Å². The summed E-state index contributed by atoms with van der Waals surface area (Å²) in [6.07, 6.45) is 7.52. The highest BCUT2D eigenvalue weighted by Crippen LogP contribution is 2.39. The molecule has 2 nitrogen and oxygen atoms in total. The second-order valence-electron chi connectivity index (χ2n) is 8.33. The molecule has 0 amide bonds. The zero-order chi connectivity index (χ0) is 19.1. The summed E-state index contributed by atoms with van der Waals surface area (Å²) >= 11 is 0. The second kappa shape index (κ2) is 9.94. The summed E-state index contributed by atoms with van der Waals surface area (Å²) in [6.45, 7) is 4.47. The average molecular weight is 367 g/mol. The molecule has 2 aromatic rings. The predicted molar refractivity (Wildman–Crippen MR) is 112 cm³/mol. The van der Waals surface area contributed by atoms with E-state index in [-0.39, 0.29) is 6.10 Å². The van der Waals surface area contributed by atoms with Crippen LogP contribution in [0.4, 0.5) is 0 Å². The van der Waals surface area contributed by atoms with E-state index in [4.69, 9.17) is 4.74 Å². The molecule has 146 valence electrons. The van der Waals surface area contributed by atoms with E-state index in [0.717, 1.165) is 24.0 Å². The van der Waals surface area contributed by atoms with Gasteiger partial charge in [-0.15, -0.1) is 0 Å². The van der Waals surface area contributed by atoms with E-state index < -0.39 is 0 Å². The molecule has 2 aromatic carbocycles. The van der Waals surface area contributed by atoms with Crippen LogP contribution >= 0.6 is 0 Å². The Morgan fingerprint density at radius 1 is 0.852 bits per heavy atom. The van der Waals surface area contributed by atoms with E-state index in [2.05, 4.69) is 68.4 Å². The summed E-state index contributed by atoms with van der Waals surface area (Å²) in [7, 11) is 0. The van der Waals surface area contributed by atoms with Crippen molar-refractivity contribution in [1.29, 1.82) is 0 Å². The Kier molecular flexibility index (Phi) is 7.34. The third-order valence-electron chi connectivity index (χ3n) is 5.93. The number of hydrogen-bond acceptors (Lipinski definition) is 2. The van der Waals surface area contributed by atoms with Crippen LogP contribution in [0.25, 0.3) is 0 Å². The molecule has 3 rings (SSSR count). The molecule has 1 N–H and O–H groups in total. The van der Waals surface area contributed by atoms with E-state index in [1.165, 1.54) is 43.2 Å². The predicted octanol–water partition coefficient (Wildman–Crippen LogP) is 6.18. The molecule has 0 saturated heterocycles. The van der Waals surface area contributed by atoms with Crippen LogP contribution in [-0.4, -0.2) is 17.8 Å². The minimum Gasteiger partial charge on any atom is -0.491 e. The van der Waals surface area contributed by atoms with E-state index in [1.807, 2.05) is 0 Å². The Hall–Kier alpha value is -1.80. The van der Waals surface area contributed by atoms with E-state index in [1.54, 1.807) is 0 Å². The summed E-state index contributed by atoms with van der Waals surface area (Å²) in [4.78, 5) is 0. The minimum atomic E-state index is 0.204. The average Bonchev–Trinajstić information content (AvgIpc) is 2.69. The number of rotatable bonds is 8. The first-order valence-electron chi connectivity index (χ1n) is 10.6. The van der Waals surface area contributed by atoms with Crippen molar-refractivity contribution < 1.29 is 9.84 Å². The first kappa shape index (κ1) is 19.9. The fraction of sp³-hybridized carbons (Fsp3) is 0.520. The van der Waals surface area contributed by atoms with Crippen LogP contribution in [0, 0.1) is 11.8 Å². The van der Waals surface area contributed by atoms with Crippen molar-refractivity contribution >= 4 is 0 Å². The lowest BCUT2D eigenvalue weighted by Gasteiger charge is -2.31. The van der Waals surface area contributed by atoms with Crippen molar-refractivity contribution in [3.8, 4) is 5.75 Å². The zero-order valence-electron chi connectivity index (χ0n) is 16.8. The maximum atomic E-state index is 9.19. The van der Waals surface area contributed by atoms with Crippen molar-refractivity contribution in [3.05, 3.63) is 65.7 Å². The minimum absolute atomic E-state index is 0.204. The summed E-state index contributed by atoms with van der Waals surface area (Å²) in [5.41, 5.74) is 2.79. The molecule has 1 aliphatic carbocycles. The lowest BCUT2D eigenvalue weighted by Crippen LogP contribution is -2.18. The van der Waals surface area contributed by atoms with Crippen LogP contribution in [0.15, 0.2) is 54.6 Å². The molecule has 0 aliphatic heterocycles. The number of hydrogen-bond donors (Lipinski definition) is 1. The summed E-state index contributed by atoms with van der Waals surface area (Å²) < 4.78 is 5.82. The lowest BCUT2D eigenvalue weighted by molar-refractivity contribution is 0.199. The van der Waals surface area contributed by atoms with Gasteiger partial charge in [0.05, 0.1) is 6.10 Å². The maximum absolute atomic E-state index is 9.19. The fourth-order valence-corrected chi connectivity index (χ4v) is 4.47. The van der Waals surface area contributed by atoms with Crippen molar-refractivity contribution in [2.24, 2.45) is 11.8 Å². The molecule has 2 heteroatoms. The summed E-state index contributed by atoms with van der Waals surface area (Å²) in [6, 6.07) is 19.6. The van der Waals surface area contributed by atoms with Gasteiger partial charge in [0.25, 0.3) is 0 Å². The van der Waals surface area contributed by atoms with Gasteiger partial charge in [0.15, 0.2) is 0 Å². The number of aliphatic hydroxyl groups excluding tert-OH is 1. The summed E-state index contributed by atoms with van der Waals surface area (Å²) in [5, 5.41) is 9.19. The molecule has 1 aliphatic rings. The molecule has 1 fully saturated rings. The van der Waals surface area contributed by atoms with Gasteiger partial charge in [-0.3, -0.25) is 0 Å². The standard InChI is InChI=1S/C25H34O2/c1-19(2)27-24-14-12-23(13-15-24)25(22-6-4-3-5-7-22)18-21-10-8-20(9-11-21)16-17-26/h3-7,12-15,19-21,25-26H,8-11,16-18H2,1-2H3. The van der Waals surface area contributed by atoms with Crippen molar-refractivity contribution in [3.63, 3.8) is 0 Å². The van der Waals surface area contributed by atoms with Crippen LogP contribution in [0.3, 0.4) is 0 Å². The number of aliphatic hydroxyl groups is 1. The molecular formula is C25H34O2. The highest BCUT2D eigenvalue weighted by Gasteiger charge is 2.25. The van der Waals surface area contributed by atoms with Crippen LogP contribution in [0.2, 0.25) is 0 Å². The topological polar surface area (TPSA) is 29.5 Å². The van der Waals surface area contributed by atoms with E-state index in [9.17, 15) is 5.11 Å². The maximum Gasteiger partial charge on any atom is 0.119 e. The highest BCUT2D eigenvalue weighted by atomic mass is 16.5. The molecule has 1 saturated carbocycles. The van der Waals surface area contributed by atoms with Gasteiger partial charge in [-0.2, -0.15) is 0 Å².